The summed E-state index contributed by atoms with van der Waals surface area (Å²) in [5.41, 5.74) is 4.39. The lowest BCUT2D eigenvalue weighted by molar-refractivity contribution is -0.134. The maximum absolute atomic E-state index is 12.5. The molecule has 0 aliphatic carbocycles. The summed E-state index contributed by atoms with van der Waals surface area (Å²) in [7, 11) is 5.06. The van der Waals surface area contributed by atoms with Crippen molar-refractivity contribution in [3.05, 3.63) is 64.7 Å². The molecule has 2 rings (SSSR count). The van der Waals surface area contributed by atoms with Crippen molar-refractivity contribution in [1.29, 1.82) is 0 Å². The Morgan fingerprint density at radius 1 is 0.933 bits per heavy atom. The molecule has 0 bridgehead atoms. The highest BCUT2D eigenvalue weighted by Gasteiger charge is 2.16. The van der Waals surface area contributed by atoms with E-state index in [9.17, 15) is 14.4 Å². The number of likely N-dealkylation sites (N-methyl/N-ethyl adjacent to an activating group) is 2. The summed E-state index contributed by atoms with van der Waals surface area (Å²) < 4.78 is 0. The number of nitrogens with zero attached hydrogens (tertiary/aromatic N) is 2. The molecule has 0 spiro atoms. The van der Waals surface area contributed by atoms with Crippen molar-refractivity contribution in [3.8, 4) is 0 Å². The summed E-state index contributed by atoms with van der Waals surface area (Å²) in [6.45, 7) is 4.63. The van der Waals surface area contributed by atoms with E-state index in [0.717, 1.165) is 22.4 Å². The lowest BCUT2D eigenvalue weighted by Gasteiger charge is -2.22. The first kappa shape index (κ1) is 23.1. The van der Waals surface area contributed by atoms with E-state index in [1.54, 1.807) is 26.2 Å². The quantitative estimate of drug-likeness (QED) is 0.699. The topological polar surface area (TPSA) is 81.8 Å². The predicted octanol–water partition coefficient (Wildman–Crippen LogP) is 2.19. The molecule has 0 radical (unpaired) electrons. The van der Waals surface area contributed by atoms with Crippen LogP contribution in [0.15, 0.2) is 42.5 Å². The van der Waals surface area contributed by atoms with Crippen LogP contribution < -0.4 is 10.6 Å². The number of hydrogen-bond donors (Lipinski definition) is 2. The lowest BCUT2D eigenvalue weighted by atomic mass is 10.1. The highest BCUT2D eigenvalue weighted by atomic mass is 16.2. The first-order valence-electron chi connectivity index (χ1n) is 9.80. The fourth-order valence-electron chi connectivity index (χ4n) is 2.99. The molecule has 2 aromatic carbocycles. The van der Waals surface area contributed by atoms with Crippen molar-refractivity contribution in [3.63, 3.8) is 0 Å². The van der Waals surface area contributed by atoms with Crippen LogP contribution in [0.3, 0.4) is 0 Å². The number of aryl methyl sites for hydroxylation is 2. The number of carbonyl (C=O) groups is 3. The van der Waals surface area contributed by atoms with Crippen LogP contribution in [0.25, 0.3) is 0 Å². The van der Waals surface area contributed by atoms with Gasteiger partial charge in [-0.1, -0.05) is 24.3 Å². The van der Waals surface area contributed by atoms with Gasteiger partial charge in [-0.05, 0) is 55.8 Å². The molecule has 3 amide bonds. The third-order valence-electron chi connectivity index (χ3n) is 4.77. The first-order valence-corrected chi connectivity index (χ1v) is 9.80. The molecule has 2 aromatic rings. The SMILES string of the molecule is CNC(=O)c1ccc(CN(C)CC(=O)N(C)CC(=O)Nc2cc(C)ccc2C)cc1. The Morgan fingerprint density at radius 3 is 2.23 bits per heavy atom. The Bertz CT molecular complexity index is 909. The van der Waals surface area contributed by atoms with E-state index in [4.69, 9.17) is 0 Å². The number of anilines is 1. The van der Waals surface area contributed by atoms with Gasteiger partial charge in [-0.3, -0.25) is 19.3 Å². The molecule has 160 valence electrons. The highest BCUT2D eigenvalue weighted by Crippen LogP contribution is 2.16. The van der Waals surface area contributed by atoms with Crippen LogP contribution in [0, 0.1) is 13.8 Å². The molecular weight excluding hydrogens is 380 g/mol. The minimum Gasteiger partial charge on any atom is -0.355 e. The largest absolute Gasteiger partial charge is 0.355 e. The summed E-state index contributed by atoms with van der Waals surface area (Å²) in [5.74, 6) is -0.506. The Kier molecular flexibility index (Phi) is 8.12. The van der Waals surface area contributed by atoms with Gasteiger partial charge in [0.1, 0.15) is 0 Å². The molecule has 0 fully saturated rings. The van der Waals surface area contributed by atoms with E-state index >= 15 is 0 Å². The average Bonchev–Trinajstić information content (AvgIpc) is 2.70. The molecule has 2 N–H and O–H groups in total. The molecule has 0 saturated heterocycles. The molecule has 0 saturated carbocycles. The summed E-state index contributed by atoms with van der Waals surface area (Å²) >= 11 is 0. The smallest absolute Gasteiger partial charge is 0.251 e. The van der Waals surface area contributed by atoms with E-state index in [1.165, 1.54) is 4.90 Å². The van der Waals surface area contributed by atoms with E-state index in [2.05, 4.69) is 10.6 Å². The predicted molar refractivity (Wildman–Crippen MR) is 118 cm³/mol. The van der Waals surface area contributed by atoms with Gasteiger partial charge in [0.2, 0.25) is 11.8 Å². The van der Waals surface area contributed by atoms with Gasteiger partial charge in [-0.25, -0.2) is 0 Å². The van der Waals surface area contributed by atoms with Crippen LogP contribution in [-0.2, 0) is 16.1 Å². The maximum Gasteiger partial charge on any atom is 0.251 e. The van der Waals surface area contributed by atoms with Gasteiger partial charge in [0, 0.05) is 31.9 Å². The normalized spacial score (nSPS) is 10.6. The van der Waals surface area contributed by atoms with Crippen LogP contribution in [0.5, 0.6) is 0 Å². The number of nitrogens with one attached hydrogen (secondary N) is 2. The van der Waals surface area contributed by atoms with E-state index < -0.39 is 0 Å². The molecule has 7 nitrogen and oxygen atoms in total. The van der Waals surface area contributed by atoms with Gasteiger partial charge >= 0.3 is 0 Å². The van der Waals surface area contributed by atoms with Crippen molar-refractivity contribution < 1.29 is 14.4 Å². The summed E-state index contributed by atoms with van der Waals surface area (Å²) in [5, 5.41) is 5.45. The van der Waals surface area contributed by atoms with E-state index in [0.29, 0.717) is 12.1 Å². The van der Waals surface area contributed by atoms with Gasteiger partial charge in [0.25, 0.3) is 5.91 Å². The molecule has 0 aliphatic heterocycles. The minimum absolute atomic E-state index is 0.0130. The second-order valence-corrected chi connectivity index (χ2v) is 7.56. The zero-order valence-corrected chi connectivity index (χ0v) is 18.3. The minimum atomic E-state index is -0.230. The average molecular weight is 411 g/mol. The van der Waals surface area contributed by atoms with Crippen LogP contribution in [0.1, 0.15) is 27.0 Å². The molecule has 7 heteroatoms. The molecular formula is C23H30N4O3. The second kappa shape index (κ2) is 10.5. The van der Waals surface area contributed by atoms with Crippen molar-refractivity contribution >= 4 is 23.4 Å². The molecule has 30 heavy (non-hydrogen) atoms. The van der Waals surface area contributed by atoms with Crippen molar-refractivity contribution in [2.45, 2.75) is 20.4 Å². The first-order chi connectivity index (χ1) is 14.2. The van der Waals surface area contributed by atoms with Crippen LogP contribution in [0.4, 0.5) is 5.69 Å². The van der Waals surface area contributed by atoms with Gasteiger partial charge in [-0.2, -0.15) is 0 Å². The number of rotatable bonds is 8. The van der Waals surface area contributed by atoms with E-state index in [1.807, 2.05) is 56.1 Å². The number of carbonyl (C=O) groups excluding carboxylic acids is 3. The Morgan fingerprint density at radius 2 is 1.60 bits per heavy atom. The summed E-state index contributed by atoms with van der Waals surface area (Å²) in [6.07, 6.45) is 0. The number of hydrogen-bond acceptors (Lipinski definition) is 4. The van der Waals surface area contributed by atoms with Gasteiger partial charge in [0.05, 0.1) is 13.1 Å². The van der Waals surface area contributed by atoms with Gasteiger partial charge in [-0.15, -0.1) is 0 Å². The third-order valence-corrected chi connectivity index (χ3v) is 4.77. The third kappa shape index (κ3) is 6.70. The van der Waals surface area contributed by atoms with Gasteiger partial charge in [0.15, 0.2) is 0 Å². The molecule has 0 unspecified atom stereocenters. The summed E-state index contributed by atoms with van der Waals surface area (Å²) in [4.78, 5) is 39.7. The summed E-state index contributed by atoms with van der Waals surface area (Å²) in [6, 6.07) is 13.1. The van der Waals surface area contributed by atoms with Crippen LogP contribution >= 0.6 is 0 Å². The highest BCUT2D eigenvalue weighted by molar-refractivity contribution is 5.95. The standard InChI is InChI=1S/C23H30N4O3/c1-16-6-7-17(2)20(12-16)25-21(28)14-27(5)22(29)15-26(4)13-18-8-10-19(11-9-18)23(30)24-3/h6-12H,13-15H2,1-5H3,(H,24,30)(H,25,28). The molecule has 0 aliphatic rings. The molecule has 0 heterocycles. The maximum atomic E-state index is 12.5. The zero-order valence-electron chi connectivity index (χ0n) is 18.3. The van der Waals surface area contributed by atoms with Gasteiger partial charge < -0.3 is 15.5 Å². The second-order valence-electron chi connectivity index (χ2n) is 7.56. The number of amides is 3. The zero-order chi connectivity index (χ0) is 22.3. The Labute approximate surface area is 178 Å². The fraction of sp³-hybridized carbons (Fsp3) is 0.348. The fourth-order valence-corrected chi connectivity index (χ4v) is 2.99. The molecule has 0 atom stereocenters. The Balaban J connectivity index is 1.84. The van der Waals surface area contributed by atoms with E-state index in [-0.39, 0.29) is 30.8 Å². The number of benzene rings is 2. The Hall–Kier alpha value is -3.19. The van der Waals surface area contributed by atoms with Crippen molar-refractivity contribution in [2.24, 2.45) is 0 Å². The van der Waals surface area contributed by atoms with Crippen molar-refractivity contribution in [2.75, 3.05) is 39.5 Å². The van der Waals surface area contributed by atoms with Crippen LogP contribution in [-0.4, -0.2) is 61.8 Å². The lowest BCUT2D eigenvalue weighted by Crippen LogP contribution is -2.40. The monoisotopic (exact) mass is 410 g/mol. The van der Waals surface area contributed by atoms with Crippen LogP contribution in [0.2, 0.25) is 0 Å². The van der Waals surface area contributed by atoms with Crippen molar-refractivity contribution in [1.82, 2.24) is 15.1 Å². The molecule has 0 aromatic heterocycles.